The zero-order chi connectivity index (χ0) is 42.9. The third kappa shape index (κ3) is 7.46. The quantitative estimate of drug-likeness (QED) is 0.106. The molecular weight excluding hydrogens is 805 g/mol. The molecule has 4 aliphatic heterocycles. The second-order valence-electron chi connectivity index (χ2n) is 18.4. The first-order valence-corrected chi connectivity index (χ1v) is 22.4. The number of amides is 4. The molecular formula is C47H52N8O8. The van der Waals surface area contributed by atoms with Gasteiger partial charge in [-0.2, -0.15) is 0 Å². The second kappa shape index (κ2) is 16.0. The van der Waals surface area contributed by atoms with Gasteiger partial charge in [-0.1, -0.05) is 30.3 Å². The predicted octanol–water partition coefficient (Wildman–Crippen LogP) is 6.31. The molecule has 63 heavy (non-hydrogen) atoms. The third-order valence-corrected chi connectivity index (χ3v) is 14.7. The zero-order valence-corrected chi connectivity index (χ0v) is 35.1. The van der Waals surface area contributed by atoms with E-state index in [0.717, 1.165) is 81.5 Å². The van der Waals surface area contributed by atoms with Crippen molar-refractivity contribution in [2.75, 3.05) is 33.5 Å². The average molecular weight is 857 g/mol. The summed E-state index contributed by atoms with van der Waals surface area (Å²) >= 11 is 0. The minimum Gasteiger partial charge on any atom is -0.465 e. The van der Waals surface area contributed by atoms with E-state index in [4.69, 9.17) is 24.2 Å². The van der Waals surface area contributed by atoms with E-state index in [1.165, 1.54) is 7.11 Å². The summed E-state index contributed by atoms with van der Waals surface area (Å²) < 4.78 is 16.0. The largest absolute Gasteiger partial charge is 0.465 e. The number of aromatic amines is 2. The average Bonchev–Trinajstić information content (AvgIpc) is 3.93. The van der Waals surface area contributed by atoms with Crippen molar-refractivity contribution in [3.05, 3.63) is 72.4 Å². The number of carbonyl (C=O) groups excluding carboxylic acids is 3. The normalized spacial score (nSPS) is 26.6. The molecule has 0 radical (unpaired) electrons. The molecule has 3 aromatic carbocycles. The van der Waals surface area contributed by atoms with Crippen LogP contribution in [0.1, 0.15) is 75.1 Å². The smallest absolute Gasteiger partial charge is 0.407 e. The van der Waals surface area contributed by atoms with Gasteiger partial charge >= 0.3 is 12.2 Å². The SMILES string of the molecule is COC(=O)NC(C(=O)N1[C@@H]2C[C@@H]2C[C@H]1c1nc2cc(-c3ccc4cc(-c5c[nH]c([C@@H]6C[C@H]7C[C@H]7N6C(=O)C(NC(=O)O)C6CCOCC6)n5)ccc4c3)ccc2[nH]1)C1CCOCC1. The van der Waals surface area contributed by atoms with Gasteiger partial charge in [-0.3, -0.25) is 9.59 Å². The maximum Gasteiger partial charge on any atom is 0.407 e. The highest BCUT2D eigenvalue weighted by atomic mass is 16.5. The van der Waals surface area contributed by atoms with E-state index in [0.29, 0.717) is 63.9 Å². The summed E-state index contributed by atoms with van der Waals surface area (Å²) in [6, 6.07) is 17.2. The Labute approximate surface area is 363 Å². The lowest BCUT2D eigenvalue weighted by Gasteiger charge is -2.35. The first-order valence-electron chi connectivity index (χ1n) is 22.4. The molecule has 0 spiro atoms. The van der Waals surface area contributed by atoms with Crippen molar-refractivity contribution in [3.8, 4) is 22.4 Å². The number of imidazole rings is 2. The van der Waals surface area contributed by atoms with Crippen molar-refractivity contribution in [2.24, 2.45) is 23.7 Å². The Morgan fingerprint density at radius 1 is 0.714 bits per heavy atom. The summed E-state index contributed by atoms with van der Waals surface area (Å²) in [5.41, 5.74) is 5.54. The molecule has 2 aromatic heterocycles. The van der Waals surface area contributed by atoms with Gasteiger partial charge < -0.3 is 49.7 Å². The number of benzene rings is 3. The highest BCUT2D eigenvalue weighted by Crippen LogP contribution is 2.55. The molecule has 5 N–H and O–H groups in total. The molecule has 2 saturated carbocycles. The number of rotatable bonds is 10. The molecule has 4 saturated heterocycles. The Balaban J connectivity index is 0.806. The van der Waals surface area contributed by atoms with Gasteiger partial charge in [0.2, 0.25) is 11.8 Å². The molecule has 2 aliphatic carbocycles. The van der Waals surface area contributed by atoms with E-state index in [1.807, 2.05) is 22.1 Å². The van der Waals surface area contributed by atoms with Crippen LogP contribution in [-0.4, -0.2) is 117 Å². The number of hydrogen-bond acceptors (Lipinski definition) is 9. The van der Waals surface area contributed by atoms with Crippen molar-refractivity contribution in [3.63, 3.8) is 0 Å². The van der Waals surface area contributed by atoms with Crippen LogP contribution in [0.4, 0.5) is 9.59 Å². The number of nitrogens with zero attached hydrogens (tertiary/aromatic N) is 4. The van der Waals surface area contributed by atoms with Crippen LogP contribution in [0.15, 0.2) is 60.8 Å². The van der Waals surface area contributed by atoms with Crippen LogP contribution >= 0.6 is 0 Å². The lowest BCUT2D eigenvalue weighted by atomic mass is 9.90. The fourth-order valence-electron chi connectivity index (χ4n) is 11.1. The van der Waals surface area contributed by atoms with Gasteiger partial charge in [0.25, 0.3) is 0 Å². The van der Waals surface area contributed by atoms with Crippen LogP contribution in [0.2, 0.25) is 0 Å². The summed E-state index contributed by atoms with van der Waals surface area (Å²) in [7, 11) is 1.32. The highest BCUT2D eigenvalue weighted by Gasteiger charge is 2.58. The highest BCUT2D eigenvalue weighted by molar-refractivity contribution is 5.92. The second-order valence-corrected chi connectivity index (χ2v) is 18.4. The number of aromatic nitrogens is 4. The molecule has 11 rings (SSSR count). The number of hydrogen-bond donors (Lipinski definition) is 5. The van der Waals surface area contributed by atoms with Gasteiger partial charge in [0.15, 0.2) is 0 Å². The van der Waals surface area contributed by atoms with Gasteiger partial charge in [0.05, 0.1) is 35.9 Å². The van der Waals surface area contributed by atoms with E-state index in [1.54, 1.807) is 0 Å². The molecule has 2 unspecified atom stereocenters. The Morgan fingerprint density at radius 2 is 1.27 bits per heavy atom. The zero-order valence-electron chi connectivity index (χ0n) is 35.1. The van der Waals surface area contributed by atoms with Crippen LogP contribution in [-0.2, 0) is 23.8 Å². The van der Waals surface area contributed by atoms with E-state index in [2.05, 4.69) is 69.1 Å². The maximum absolute atomic E-state index is 14.3. The van der Waals surface area contributed by atoms with Crippen molar-refractivity contribution in [2.45, 2.75) is 87.6 Å². The van der Waals surface area contributed by atoms with E-state index < -0.39 is 24.3 Å². The first kappa shape index (κ1) is 39.8. The molecule has 0 bridgehead atoms. The van der Waals surface area contributed by atoms with E-state index in [9.17, 15) is 24.3 Å². The number of methoxy groups -OCH3 is 1. The number of alkyl carbamates (subject to hydrolysis) is 1. The third-order valence-electron chi connectivity index (χ3n) is 14.7. The Hall–Kier alpha value is -6.00. The molecule has 16 heteroatoms. The monoisotopic (exact) mass is 856 g/mol. The van der Waals surface area contributed by atoms with Crippen molar-refractivity contribution < 1.29 is 38.5 Å². The van der Waals surface area contributed by atoms with Crippen LogP contribution in [0.25, 0.3) is 44.2 Å². The molecule has 6 fully saturated rings. The Bertz CT molecular complexity index is 2600. The molecule has 6 aliphatic rings. The van der Waals surface area contributed by atoms with Crippen LogP contribution in [0.3, 0.4) is 0 Å². The summed E-state index contributed by atoms with van der Waals surface area (Å²) in [5.74, 6) is 1.92. The van der Waals surface area contributed by atoms with Crippen molar-refractivity contribution >= 4 is 45.8 Å². The lowest BCUT2D eigenvalue weighted by molar-refractivity contribution is -0.138. The standard InChI is InChI=1S/C47H52N8O8/c1-61-47(60)53-41(25-10-14-63-15-11-25)45(57)55-37-20-32(37)22-39(55)43-49-33-7-6-29(18-34(33)50-43)27-2-3-28-17-30(5-4-26(28)16-27)35-23-48-42(51-35)38-21-31-19-36(31)54(38)44(56)40(52-46(58)59)24-8-12-62-13-9-24/h2-7,16-18,23-25,31-32,36-41,52H,8-15,19-22H2,1H3,(H,48,51)(H,49,50)(H,53,60)(H,58,59)/t31-,32-,36-,37-,38+,39+,40?,41?/m1/s1. The topological polar surface area (TPSA) is 204 Å². The number of nitrogens with one attached hydrogen (secondary N) is 4. The van der Waals surface area contributed by atoms with Gasteiger partial charge in [0.1, 0.15) is 23.7 Å². The van der Waals surface area contributed by atoms with Crippen LogP contribution < -0.4 is 10.6 Å². The summed E-state index contributed by atoms with van der Waals surface area (Å²) in [6.07, 6.45) is 6.30. The number of H-pyrrole nitrogens is 2. The molecule has 4 amide bonds. The van der Waals surface area contributed by atoms with Crippen LogP contribution in [0.5, 0.6) is 0 Å². The minimum atomic E-state index is -1.19. The first-order chi connectivity index (χ1) is 30.7. The summed E-state index contributed by atoms with van der Waals surface area (Å²) in [5, 5.41) is 17.2. The lowest BCUT2D eigenvalue weighted by Crippen LogP contribution is -2.54. The molecule has 5 aromatic rings. The summed E-state index contributed by atoms with van der Waals surface area (Å²) in [4.78, 5) is 73.5. The summed E-state index contributed by atoms with van der Waals surface area (Å²) in [6.45, 7) is 2.16. The molecule has 8 atom stereocenters. The van der Waals surface area contributed by atoms with E-state index >= 15 is 0 Å². The number of likely N-dealkylation sites (tertiary alicyclic amines) is 2. The van der Waals surface area contributed by atoms with Crippen molar-refractivity contribution in [1.82, 2.24) is 40.4 Å². The molecule has 6 heterocycles. The number of carboxylic acid groups (broad SMARTS) is 1. The molecule has 328 valence electrons. The maximum atomic E-state index is 14.3. The fourth-order valence-corrected chi connectivity index (χ4v) is 11.1. The van der Waals surface area contributed by atoms with Crippen LogP contribution in [0, 0.1) is 23.7 Å². The number of fused-ring (bicyclic) bond motifs is 4. The number of carbonyl (C=O) groups is 4. The van der Waals surface area contributed by atoms with Gasteiger partial charge in [-0.15, -0.1) is 0 Å². The fraction of sp³-hybridized carbons (Fsp3) is 0.489. The molecule has 16 nitrogen and oxygen atoms in total. The Morgan fingerprint density at radius 3 is 1.89 bits per heavy atom. The predicted molar refractivity (Wildman–Crippen MR) is 230 cm³/mol. The van der Waals surface area contributed by atoms with E-state index in [-0.39, 0.29) is 47.8 Å². The number of piperidine rings is 2. The van der Waals surface area contributed by atoms with Gasteiger partial charge in [0, 0.05) is 50.3 Å². The van der Waals surface area contributed by atoms with Gasteiger partial charge in [-0.05, 0) is 121 Å². The van der Waals surface area contributed by atoms with Gasteiger partial charge in [-0.25, -0.2) is 19.6 Å². The Kier molecular flexibility index (Phi) is 10.1. The van der Waals surface area contributed by atoms with Crippen molar-refractivity contribution in [1.29, 1.82) is 0 Å². The minimum absolute atomic E-state index is 0.0291. The number of ether oxygens (including phenoxy) is 3.